The van der Waals surface area contributed by atoms with Gasteiger partial charge in [0.05, 0.1) is 6.10 Å². The lowest BCUT2D eigenvalue weighted by molar-refractivity contribution is -0.124. The molecule has 2 rings (SSSR count). The Morgan fingerprint density at radius 2 is 2.13 bits per heavy atom. The van der Waals surface area contributed by atoms with E-state index in [0.717, 1.165) is 18.4 Å². The van der Waals surface area contributed by atoms with Crippen LogP contribution in [0.25, 0.3) is 0 Å². The van der Waals surface area contributed by atoms with Gasteiger partial charge in [-0.05, 0) is 42.5 Å². The maximum atomic E-state index is 12.3. The van der Waals surface area contributed by atoms with Crippen LogP contribution < -0.4 is 11.1 Å². The zero-order valence-electron chi connectivity index (χ0n) is 13.8. The molecule has 23 heavy (non-hydrogen) atoms. The molecular formula is C18H27ClN2O2. The molecule has 0 bridgehead atoms. The average molecular weight is 339 g/mol. The SMILES string of the molecule is COC(CNC(=O)CC1(CN)CCCCC1)c1cccc(Cl)c1. The van der Waals surface area contributed by atoms with E-state index in [0.29, 0.717) is 24.5 Å². The summed E-state index contributed by atoms with van der Waals surface area (Å²) in [5.74, 6) is 0.0569. The largest absolute Gasteiger partial charge is 0.375 e. The number of methoxy groups -OCH3 is 1. The molecule has 1 aromatic carbocycles. The number of nitrogens with two attached hydrogens (primary N) is 1. The van der Waals surface area contributed by atoms with Crippen molar-refractivity contribution < 1.29 is 9.53 Å². The number of amides is 1. The van der Waals surface area contributed by atoms with Gasteiger partial charge in [0, 0.05) is 25.1 Å². The van der Waals surface area contributed by atoms with Crippen LogP contribution >= 0.6 is 11.6 Å². The van der Waals surface area contributed by atoms with Gasteiger partial charge in [-0.2, -0.15) is 0 Å². The summed E-state index contributed by atoms with van der Waals surface area (Å²) in [7, 11) is 1.64. The van der Waals surface area contributed by atoms with Crippen molar-refractivity contribution >= 4 is 17.5 Å². The molecule has 3 N–H and O–H groups in total. The first-order valence-electron chi connectivity index (χ1n) is 8.33. The molecular weight excluding hydrogens is 312 g/mol. The van der Waals surface area contributed by atoms with Crippen molar-refractivity contribution in [3.05, 3.63) is 34.9 Å². The Morgan fingerprint density at radius 1 is 1.39 bits per heavy atom. The third kappa shape index (κ3) is 5.20. The van der Waals surface area contributed by atoms with Crippen molar-refractivity contribution in [1.82, 2.24) is 5.32 Å². The number of rotatable bonds is 7. The number of hydrogen-bond donors (Lipinski definition) is 2. The highest BCUT2D eigenvalue weighted by Crippen LogP contribution is 2.38. The summed E-state index contributed by atoms with van der Waals surface area (Å²) >= 11 is 6.02. The molecule has 0 saturated heterocycles. The van der Waals surface area contributed by atoms with Gasteiger partial charge in [0.2, 0.25) is 5.91 Å². The van der Waals surface area contributed by atoms with Crippen LogP contribution in [0, 0.1) is 5.41 Å². The normalized spacial score (nSPS) is 18.4. The van der Waals surface area contributed by atoms with Crippen molar-refractivity contribution in [1.29, 1.82) is 0 Å². The fraction of sp³-hybridized carbons (Fsp3) is 0.611. The molecule has 1 saturated carbocycles. The molecule has 0 aromatic heterocycles. The summed E-state index contributed by atoms with van der Waals surface area (Å²) in [5, 5.41) is 3.66. The molecule has 0 heterocycles. The lowest BCUT2D eigenvalue weighted by Crippen LogP contribution is -2.39. The predicted octanol–water partition coefficient (Wildman–Crippen LogP) is 3.44. The molecule has 0 spiro atoms. The summed E-state index contributed by atoms with van der Waals surface area (Å²) < 4.78 is 5.49. The second-order valence-corrected chi connectivity index (χ2v) is 6.96. The maximum Gasteiger partial charge on any atom is 0.220 e. The summed E-state index contributed by atoms with van der Waals surface area (Å²) in [6.07, 6.45) is 6.02. The van der Waals surface area contributed by atoms with Crippen LogP contribution in [0.3, 0.4) is 0 Å². The van der Waals surface area contributed by atoms with Gasteiger partial charge in [0.15, 0.2) is 0 Å². The van der Waals surface area contributed by atoms with Gasteiger partial charge in [0.25, 0.3) is 0 Å². The standard InChI is InChI=1S/C18H27ClN2O2/c1-23-16(14-6-5-7-15(19)10-14)12-21-17(22)11-18(13-20)8-3-2-4-9-18/h5-7,10,16H,2-4,8-9,11-13,20H2,1H3,(H,21,22). The summed E-state index contributed by atoms with van der Waals surface area (Å²) in [4.78, 5) is 12.3. The highest BCUT2D eigenvalue weighted by atomic mass is 35.5. The van der Waals surface area contributed by atoms with Crippen LogP contribution in [-0.2, 0) is 9.53 Å². The first-order valence-corrected chi connectivity index (χ1v) is 8.71. The molecule has 128 valence electrons. The molecule has 1 aliphatic rings. The quantitative estimate of drug-likeness (QED) is 0.800. The fourth-order valence-corrected chi connectivity index (χ4v) is 3.61. The zero-order chi connectivity index (χ0) is 16.7. The maximum absolute atomic E-state index is 12.3. The van der Waals surface area contributed by atoms with Crippen LogP contribution in [0.5, 0.6) is 0 Å². The van der Waals surface area contributed by atoms with Gasteiger partial charge in [-0.15, -0.1) is 0 Å². The summed E-state index contributed by atoms with van der Waals surface area (Å²) in [6, 6.07) is 7.53. The van der Waals surface area contributed by atoms with Gasteiger partial charge < -0.3 is 15.8 Å². The third-order valence-electron chi connectivity index (χ3n) is 4.87. The molecule has 1 amide bonds. The molecule has 1 atom stereocenters. The van der Waals surface area contributed by atoms with Crippen LogP contribution in [0.2, 0.25) is 5.02 Å². The third-order valence-corrected chi connectivity index (χ3v) is 5.11. The van der Waals surface area contributed by atoms with E-state index in [9.17, 15) is 4.79 Å². The van der Waals surface area contributed by atoms with Crippen molar-refractivity contribution in [3.8, 4) is 0 Å². The Balaban J connectivity index is 1.89. The number of hydrogen-bond acceptors (Lipinski definition) is 3. The topological polar surface area (TPSA) is 64.3 Å². The molecule has 0 aliphatic heterocycles. The van der Waals surface area contributed by atoms with E-state index in [1.807, 2.05) is 24.3 Å². The van der Waals surface area contributed by atoms with E-state index < -0.39 is 0 Å². The van der Waals surface area contributed by atoms with E-state index in [1.165, 1.54) is 19.3 Å². The number of ether oxygens (including phenoxy) is 1. The van der Waals surface area contributed by atoms with Crippen molar-refractivity contribution in [2.45, 2.75) is 44.6 Å². The number of carbonyl (C=O) groups excluding carboxylic acids is 1. The van der Waals surface area contributed by atoms with Crippen LogP contribution in [0.1, 0.15) is 50.2 Å². The zero-order valence-corrected chi connectivity index (χ0v) is 14.6. The van der Waals surface area contributed by atoms with E-state index >= 15 is 0 Å². The summed E-state index contributed by atoms with van der Waals surface area (Å²) in [5.41, 5.74) is 6.91. The number of carbonyl (C=O) groups is 1. The number of nitrogens with one attached hydrogen (secondary N) is 1. The van der Waals surface area contributed by atoms with E-state index in [2.05, 4.69) is 5.32 Å². The van der Waals surface area contributed by atoms with Crippen LogP contribution in [0.15, 0.2) is 24.3 Å². The first kappa shape index (κ1) is 18.2. The number of benzene rings is 1. The lowest BCUT2D eigenvalue weighted by Gasteiger charge is -2.35. The lowest BCUT2D eigenvalue weighted by atomic mass is 9.71. The molecule has 1 unspecified atom stereocenters. The van der Waals surface area contributed by atoms with Gasteiger partial charge in [0.1, 0.15) is 0 Å². The molecule has 0 radical (unpaired) electrons. The Kier molecular flexibility index (Phi) is 6.88. The molecule has 1 aliphatic carbocycles. The van der Waals surface area contributed by atoms with Crippen molar-refractivity contribution in [3.63, 3.8) is 0 Å². The Hall–Kier alpha value is -1.10. The first-order chi connectivity index (χ1) is 11.1. The monoisotopic (exact) mass is 338 g/mol. The Labute approximate surface area is 143 Å². The second-order valence-electron chi connectivity index (χ2n) is 6.52. The van der Waals surface area contributed by atoms with Crippen LogP contribution in [-0.4, -0.2) is 26.1 Å². The molecule has 1 aromatic rings. The van der Waals surface area contributed by atoms with Gasteiger partial charge in [-0.25, -0.2) is 0 Å². The number of halogens is 1. The van der Waals surface area contributed by atoms with E-state index in [1.54, 1.807) is 7.11 Å². The highest BCUT2D eigenvalue weighted by Gasteiger charge is 2.33. The minimum atomic E-state index is -0.196. The van der Waals surface area contributed by atoms with Crippen LogP contribution in [0.4, 0.5) is 0 Å². The predicted molar refractivity (Wildman–Crippen MR) is 93.4 cm³/mol. The Morgan fingerprint density at radius 3 is 2.74 bits per heavy atom. The smallest absolute Gasteiger partial charge is 0.220 e. The summed E-state index contributed by atoms with van der Waals surface area (Å²) in [6.45, 7) is 1.03. The fourth-order valence-electron chi connectivity index (χ4n) is 3.41. The highest BCUT2D eigenvalue weighted by molar-refractivity contribution is 6.30. The second kappa shape index (κ2) is 8.67. The van der Waals surface area contributed by atoms with Gasteiger partial charge >= 0.3 is 0 Å². The van der Waals surface area contributed by atoms with Gasteiger partial charge in [-0.1, -0.05) is 43.0 Å². The molecule has 4 nitrogen and oxygen atoms in total. The van der Waals surface area contributed by atoms with Crippen molar-refractivity contribution in [2.24, 2.45) is 11.1 Å². The molecule has 5 heteroatoms. The minimum absolute atomic E-state index is 0.0129. The molecule has 1 fully saturated rings. The minimum Gasteiger partial charge on any atom is -0.375 e. The van der Waals surface area contributed by atoms with Gasteiger partial charge in [-0.3, -0.25) is 4.79 Å². The van der Waals surface area contributed by atoms with Crippen molar-refractivity contribution in [2.75, 3.05) is 20.2 Å². The van der Waals surface area contributed by atoms with E-state index in [-0.39, 0.29) is 17.4 Å². The average Bonchev–Trinajstić information content (AvgIpc) is 2.56. The van der Waals surface area contributed by atoms with E-state index in [4.69, 9.17) is 22.1 Å². The Bertz CT molecular complexity index is 515.